The molecule has 1 amide bonds. The minimum absolute atomic E-state index is 0.0274. The third kappa shape index (κ3) is 4.21. The van der Waals surface area contributed by atoms with Crippen LogP contribution in [0.5, 0.6) is 0 Å². The van der Waals surface area contributed by atoms with Crippen LogP contribution in [0.4, 0.5) is 18.9 Å². The molecule has 0 radical (unpaired) electrons. The zero-order chi connectivity index (χ0) is 22.3. The molecule has 0 aliphatic heterocycles. The van der Waals surface area contributed by atoms with E-state index in [9.17, 15) is 18.0 Å². The molecule has 4 aromatic rings. The van der Waals surface area contributed by atoms with Crippen LogP contribution in [0.25, 0.3) is 16.8 Å². The lowest BCUT2D eigenvalue weighted by Gasteiger charge is -2.15. The number of hydrogen-bond acceptors (Lipinski definition) is 3. The molecule has 2 aromatic carbocycles. The molecule has 1 N–H and O–H groups in total. The first-order chi connectivity index (χ1) is 15.4. The number of benzene rings is 2. The number of carbonyl (C=O) groups is 1. The van der Waals surface area contributed by atoms with E-state index < -0.39 is 11.7 Å². The fourth-order valence-corrected chi connectivity index (χ4v) is 3.83. The fraction of sp³-hybridized carbons (Fsp3) is 0.208. The molecule has 0 bridgehead atoms. The Labute approximate surface area is 181 Å². The molecule has 0 spiro atoms. The molecule has 1 saturated carbocycles. The van der Waals surface area contributed by atoms with E-state index in [4.69, 9.17) is 0 Å². The van der Waals surface area contributed by atoms with E-state index in [2.05, 4.69) is 15.4 Å². The number of aromatic nitrogens is 3. The van der Waals surface area contributed by atoms with Gasteiger partial charge in [0.2, 0.25) is 5.91 Å². The lowest BCUT2D eigenvalue weighted by molar-refractivity contribution is -0.138. The molecule has 32 heavy (non-hydrogen) atoms. The van der Waals surface area contributed by atoms with Gasteiger partial charge >= 0.3 is 6.18 Å². The van der Waals surface area contributed by atoms with E-state index in [0.29, 0.717) is 5.56 Å². The summed E-state index contributed by atoms with van der Waals surface area (Å²) in [4.78, 5) is 16.6. The van der Waals surface area contributed by atoms with Crippen molar-refractivity contribution in [3.63, 3.8) is 0 Å². The number of nitrogens with zero attached hydrogens (tertiary/aromatic N) is 3. The molecule has 2 heterocycles. The fourth-order valence-electron chi connectivity index (χ4n) is 3.83. The molecule has 2 aromatic heterocycles. The molecule has 8 heteroatoms. The molecule has 1 aliphatic carbocycles. The van der Waals surface area contributed by atoms with Gasteiger partial charge in [-0.05, 0) is 65.3 Å². The summed E-state index contributed by atoms with van der Waals surface area (Å²) < 4.78 is 41.9. The average Bonchev–Trinajstić information content (AvgIpc) is 3.50. The molecular formula is C24H19F3N4O. The number of alkyl halides is 3. The van der Waals surface area contributed by atoms with E-state index >= 15 is 0 Å². The van der Waals surface area contributed by atoms with Gasteiger partial charge in [-0.15, -0.1) is 0 Å². The maximum absolute atomic E-state index is 13.4. The third-order valence-electron chi connectivity index (χ3n) is 5.59. The van der Waals surface area contributed by atoms with Gasteiger partial charge in [0.1, 0.15) is 6.33 Å². The normalized spacial score (nSPS) is 14.0. The van der Waals surface area contributed by atoms with Gasteiger partial charge in [-0.25, -0.2) is 9.50 Å². The largest absolute Gasteiger partial charge is 0.416 e. The maximum atomic E-state index is 13.4. The summed E-state index contributed by atoms with van der Waals surface area (Å²) in [5.41, 5.74) is 3.24. The predicted molar refractivity (Wildman–Crippen MR) is 114 cm³/mol. The Hall–Kier alpha value is -3.68. The second-order valence-corrected chi connectivity index (χ2v) is 7.97. The number of fused-ring (bicyclic) bond motifs is 1. The molecule has 0 unspecified atom stereocenters. The van der Waals surface area contributed by atoms with Gasteiger partial charge in [-0.1, -0.05) is 30.3 Å². The molecule has 0 atom stereocenters. The van der Waals surface area contributed by atoms with Crippen molar-refractivity contribution in [2.24, 2.45) is 0 Å². The number of rotatable bonds is 5. The van der Waals surface area contributed by atoms with Crippen LogP contribution in [0.3, 0.4) is 0 Å². The van der Waals surface area contributed by atoms with Gasteiger partial charge in [0.15, 0.2) is 5.65 Å². The minimum atomic E-state index is -4.44. The summed E-state index contributed by atoms with van der Waals surface area (Å²) in [7, 11) is 0. The standard InChI is InChI=1S/C24H19F3N4O/c25-24(26,27)21-13-19(7-8-20(21)17-5-6-17)30-23(32)11-15-1-3-16(4-2-15)18-9-10-31-22(12-18)28-14-29-31/h1-4,7-10,12-14,17H,5-6,11H2,(H,30,32). The topological polar surface area (TPSA) is 59.3 Å². The van der Waals surface area contributed by atoms with Gasteiger partial charge in [0, 0.05) is 11.9 Å². The lowest BCUT2D eigenvalue weighted by atomic mass is 10.0. The molecule has 0 saturated heterocycles. The van der Waals surface area contributed by atoms with Crippen LogP contribution in [-0.2, 0) is 17.4 Å². The molecule has 162 valence electrons. The van der Waals surface area contributed by atoms with E-state index in [0.717, 1.165) is 41.2 Å². The Morgan fingerprint density at radius 2 is 1.81 bits per heavy atom. The second kappa shape index (κ2) is 7.78. The summed E-state index contributed by atoms with van der Waals surface area (Å²) in [6.45, 7) is 0. The number of hydrogen-bond donors (Lipinski definition) is 1. The first-order valence-electron chi connectivity index (χ1n) is 10.3. The first-order valence-corrected chi connectivity index (χ1v) is 10.3. The van der Waals surface area contributed by atoms with Crippen LogP contribution in [-0.4, -0.2) is 20.5 Å². The third-order valence-corrected chi connectivity index (χ3v) is 5.59. The van der Waals surface area contributed by atoms with Crippen LogP contribution in [0, 0.1) is 0 Å². The number of carbonyl (C=O) groups excluding carboxylic acids is 1. The van der Waals surface area contributed by atoms with Crippen molar-refractivity contribution in [2.75, 3.05) is 5.32 Å². The monoisotopic (exact) mass is 436 g/mol. The average molecular weight is 436 g/mol. The van der Waals surface area contributed by atoms with Crippen molar-refractivity contribution in [3.8, 4) is 11.1 Å². The summed E-state index contributed by atoms with van der Waals surface area (Å²) in [5, 5.41) is 6.66. The number of amides is 1. The Morgan fingerprint density at radius 3 is 2.53 bits per heavy atom. The highest BCUT2D eigenvalue weighted by molar-refractivity contribution is 5.92. The molecule has 1 fully saturated rings. The molecule has 5 nitrogen and oxygen atoms in total. The van der Waals surface area contributed by atoms with Gasteiger partial charge in [-0.3, -0.25) is 4.79 Å². The van der Waals surface area contributed by atoms with E-state index in [1.165, 1.54) is 12.4 Å². The number of halogens is 3. The molecule has 5 rings (SSSR count). The summed E-state index contributed by atoms with van der Waals surface area (Å²) in [5.74, 6) is -0.393. The van der Waals surface area contributed by atoms with Crippen molar-refractivity contribution < 1.29 is 18.0 Å². The van der Waals surface area contributed by atoms with Gasteiger partial charge in [0.05, 0.1) is 12.0 Å². The number of nitrogens with one attached hydrogen (secondary N) is 1. The zero-order valence-corrected chi connectivity index (χ0v) is 16.9. The van der Waals surface area contributed by atoms with Crippen LogP contribution < -0.4 is 5.32 Å². The highest BCUT2D eigenvalue weighted by Crippen LogP contribution is 2.46. The quantitative estimate of drug-likeness (QED) is 0.451. The Kier molecular flexibility index (Phi) is 4.92. The summed E-state index contributed by atoms with van der Waals surface area (Å²) in [6.07, 6.45) is 0.481. The van der Waals surface area contributed by atoms with Crippen LogP contribution in [0.15, 0.2) is 67.1 Å². The second-order valence-electron chi connectivity index (χ2n) is 7.97. The van der Waals surface area contributed by atoms with Gasteiger partial charge in [-0.2, -0.15) is 18.3 Å². The Balaban J connectivity index is 1.28. The SMILES string of the molecule is O=C(Cc1ccc(-c2ccn3ncnc3c2)cc1)Nc1ccc(C2CC2)c(C(F)(F)F)c1. The number of pyridine rings is 1. The van der Waals surface area contributed by atoms with Crippen molar-refractivity contribution in [1.82, 2.24) is 14.6 Å². The maximum Gasteiger partial charge on any atom is 0.416 e. The summed E-state index contributed by atoms with van der Waals surface area (Å²) >= 11 is 0. The van der Waals surface area contributed by atoms with E-state index in [1.54, 1.807) is 10.6 Å². The van der Waals surface area contributed by atoms with E-state index in [-0.39, 0.29) is 23.9 Å². The first kappa shape index (κ1) is 20.2. The van der Waals surface area contributed by atoms with Crippen LogP contribution in [0.2, 0.25) is 0 Å². The Bertz CT molecular complexity index is 1290. The summed E-state index contributed by atoms with van der Waals surface area (Å²) in [6, 6.07) is 15.4. The van der Waals surface area contributed by atoms with Crippen LogP contribution in [0.1, 0.15) is 35.4 Å². The van der Waals surface area contributed by atoms with Crippen molar-refractivity contribution in [3.05, 3.63) is 83.8 Å². The molecular weight excluding hydrogens is 417 g/mol. The van der Waals surface area contributed by atoms with Gasteiger partial charge < -0.3 is 5.32 Å². The van der Waals surface area contributed by atoms with Gasteiger partial charge in [0.25, 0.3) is 0 Å². The highest BCUT2D eigenvalue weighted by Gasteiger charge is 2.38. The lowest BCUT2D eigenvalue weighted by Crippen LogP contribution is -2.16. The van der Waals surface area contributed by atoms with Crippen molar-refractivity contribution in [2.45, 2.75) is 31.4 Å². The predicted octanol–water partition coefficient (Wildman–Crippen LogP) is 5.47. The minimum Gasteiger partial charge on any atom is -0.326 e. The van der Waals surface area contributed by atoms with Crippen molar-refractivity contribution in [1.29, 1.82) is 0 Å². The molecule has 1 aliphatic rings. The van der Waals surface area contributed by atoms with E-state index in [1.807, 2.05) is 42.6 Å². The number of anilines is 1. The zero-order valence-electron chi connectivity index (χ0n) is 16.9. The van der Waals surface area contributed by atoms with Crippen LogP contribution >= 0.6 is 0 Å². The smallest absolute Gasteiger partial charge is 0.326 e. The van der Waals surface area contributed by atoms with Crippen molar-refractivity contribution >= 4 is 17.2 Å². The Morgan fingerprint density at radius 1 is 1.03 bits per heavy atom. The highest BCUT2D eigenvalue weighted by atomic mass is 19.4.